The van der Waals surface area contributed by atoms with Gasteiger partial charge in [-0.05, 0) is 40.7 Å². The van der Waals surface area contributed by atoms with Crippen LogP contribution in [-0.4, -0.2) is 49.8 Å². The van der Waals surface area contributed by atoms with Crippen molar-refractivity contribution < 1.29 is 4.74 Å². The van der Waals surface area contributed by atoms with Crippen LogP contribution < -0.4 is 5.32 Å². The fourth-order valence-electron chi connectivity index (χ4n) is 2.90. The minimum absolute atomic E-state index is 0.177. The Labute approximate surface area is 120 Å². The van der Waals surface area contributed by atoms with E-state index in [0.29, 0.717) is 6.04 Å². The second kappa shape index (κ2) is 8.23. The monoisotopic (exact) mass is 270 g/mol. The third-order valence-corrected chi connectivity index (χ3v) is 4.20. The summed E-state index contributed by atoms with van der Waals surface area (Å²) in [6.45, 7) is 8.49. The summed E-state index contributed by atoms with van der Waals surface area (Å²) in [6.07, 6.45) is 8.32. The van der Waals surface area contributed by atoms with Crippen LogP contribution in [-0.2, 0) is 4.74 Å². The number of ether oxygens (including phenoxy) is 1. The van der Waals surface area contributed by atoms with Crippen molar-refractivity contribution in [3.63, 3.8) is 0 Å². The number of methoxy groups -OCH3 is 1. The highest BCUT2D eigenvalue weighted by Gasteiger charge is 2.24. The van der Waals surface area contributed by atoms with E-state index in [1.807, 2.05) is 7.11 Å². The lowest BCUT2D eigenvalue weighted by atomic mass is 10.0. The molecule has 1 fully saturated rings. The van der Waals surface area contributed by atoms with Gasteiger partial charge in [0.25, 0.3) is 0 Å². The maximum absolute atomic E-state index is 5.43. The quantitative estimate of drug-likeness (QED) is 0.751. The zero-order valence-electron chi connectivity index (χ0n) is 13.7. The van der Waals surface area contributed by atoms with Gasteiger partial charge in [0.2, 0.25) is 0 Å². The molecule has 0 radical (unpaired) electrons. The van der Waals surface area contributed by atoms with E-state index in [9.17, 15) is 0 Å². The Kier molecular flexibility index (Phi) is 7.33. The first kappa shape index (κ1) is 16.9. The molecule has 1 aliphatic rings. The molecule has 3 heteroatoms. The van der Waals surface area contributed by atoms with Crippen LogP contribution in [0.2, 0.25) is 0 Å². The van der Waals surface area contributed by atoms with E-state index in [1.54, 1.807) is 0 Å². The number of hydrogen-bond acceptors (Lipinski definition) is 3. The van der Waals surface area contributed by atoms with Crippen molar-refractivity contribution in [2.45, 2.75) is 76.9 Å². The van der Waals surface area contributed by atoms with Crippen LogP contribution >= 0.6 is 0 Å². The van der Waals surface area contributed by atoms with Crippen LogP contribution in [0.25, 0.3) is 0 Å². The zero-order chi connectivity index (χ0) is 14.3. The fourth-order valence-corrected chi connectivity index (χ4v) is 2.90. The SMILES string of the molecule is COCC(CNC(C)(C)C)N(C)C1CCCCCC1. The molecule has 1 unspecified atom stereocenters. The van der Waals surface area contributed by atoms with Crippen molar-refractivity contribution in [2.24, 2.45) is 0 Å². The Morgan fingerprint density at radius 2 is 1.74 bits per heavy atom. The maximum atomic E-state index is 5.43. The molecule has 19 heavy (non-hydrogen) atoms. The third kappa shape index (κ3) is 6.73. The Morgan fingerprint density at radius 1 is 1.16 bits per heavy atom. The van der Waals surface area contributed by atoms with Crippen molar-refractivity contribution in [1.82, 2.24) is 10.2 Å². The molecule has 0 heterocycles. The lowest BCUT2D eigenvalue weighted by Gasteiger charge is -2.36. The summed E-state index contributed by atoms with van der Waals surface area (Å²) in [5.74, 6) is 0. The molecule has 0 saturated heterocycles. The Bertz CT molecular complexity index is 229. The van der Waals surface area contributed by atoms with Gasteiger partial charge in [-0.25, -0.2) is 0 Å². The van der Waals surface area contributed by atoms with Crippen molar-refractivity contribution in [2.75, 3.05) is 27.3 Å². The smallest absolute Gasteiger partial charge is 0.0630 e. The highest BCUT2D eigenvalue weighted by Crippen LogP contribution is 2.22. The van der Waals surface area contributed by atoms with E-state index in [1.165, 1.54) is 38.5 Å². The van der Waals surface area contributed by atoms with Crippen molar-refractivity contribution in [3.05, 3.63) is 0 Å². The predicted molar refractivity (Wildman–Crippen MR) is 82.7 cm³/mol. The molecule has 1 rings (SSSR count). The summed E-state index contributed by atoms with van der Waals surface area (Å²) in [5.41, 5.74) is 0.177. The van der Waals surface area contributed by atoms with Crippen LogP contribution in [0.4, 0.5) is 0 Å². The molecule has 1 saturated carbocycles. The molecule has 0 bridgehead atoms. The van der Waals surface area contributed by atoms with Gasteiger partial charge < -0.3 is 10.1 Å². The van der Waals surface area contributed by atoms with Gasteiger partial charge in [-0.3, -0.25) is 4.90 Å². The zero-order valence-corrected chi connectivity index (χ0v) is 13.7. The Morgan fingerprint density at radius 3 is 2.21 bits per heavy atom. The maximum Gasteiger partial charge on any atom is 0.0630 e. The molecular weight excluding hydrogens is 236 g/mol. The summed E-state index contributed by atoms with van der Waals surface area (Å²) in [6, 6.07) is 1.22. The fraction of sp³-hybridized carbons (Fsp3) is 1.00. The molecule has 0 aromatic carbocycles. The molecule has 0 aromatic rings. The van der Waals surface area contributed by atoms with Gasteiger partial charge in [0, 0.05) is 31.3 Å². The Balaban J connectivity index is 2.52. The number of rotatable bonds is 6. The molecular formula is C16H34N2O. The second-order valence-corrected chi connectivity index (χ2v) is 7.05. The van der Waals surface area contributed by atoms with Crippen molar-refractivity contribution in [1.29, 1.82) is 0 Å². The Hall–Kier alpha value is -0.120. The highest BCUT2D eigenvalue weighted by molar-refractivity contribution is 4.82. The van der Waals surface area contributed by atoms with E-state index in [0.717, 1.165) is 19.2 Å². The van der Waals surface area contributed by atoms with Crippen LogP contribution in [0.15, 0.2) is 0 Å². The molecule has 0 aromatic heterocycles. The summed E-state index contributed by atoms with van der Waals surface area (Å²) in [5, 5.41) is 3.62. The average molecular weight is 270 g/mol. The number of hydrogen-bond donors (Lipinski definition) is 1. The normalized spacial score (nSPS) is 20.5. The first-order valence-electron chi connectivity index (χ1n) is 7.90. The molecule has 1 N–H and O–H groups in total. The summed E-state index contributed by atoms with van der Waals surface area (Å²) in [7, 11) is 4.09. The highest BCUT2D eigenvalue weighted by atomic mass is 16.5. The van der Waals surface area contributed by atoms with Gasteiger partial charge in [-0.15, -0.1) is 0 Å². The molecule has 1 atom stereocenters. The van der Waals surface area contributed by atoms with Crippen LogP contribution in [0.3, 0.4) is 0 Å². The van der Waals surface area contributed by atoms with Crippen molar-refractivity contribution in [3.8, 4) is 0 Å². The summed E-state index contributed by atoms with van der Waals surface area (Å²) < 4.78 is 5.43. The molecule has 0 aliphatic heterocycles. The lowest BCUT2D eigenvalue weighted by Crippen LogP contribution is -2.51. The van der Waals surface area contributed by atoms with E-state index >= 15 is 0 Å². The average Bonchev–Trinajstić information content (AvgIpc) is 2.61. The standard InChI is InChI=1S/C16H34N2O/c1-16(2,3)17-12-15(13-19-5)18(4)14-10-8-6-7-9-11-14/h14-15,17H,6-13H2,1-5H3. The summed E-state index contributed by atoms with van der Waals surface area (Å²) >= 11 is 0. The lowest BCUT2D eigenvalue weighted by molar-refractivity contribution is 0.0705. The van der Waals surface area contributed by atoms with Crippen LogP contribution in [0.1, 0.15) is 59.3 Å². The van der Waals surface area contributed by atoms with Crippen molar-refractivity contribution >= 4 is 0 Å². The topological polar surface area (TPSA) is 24.5 Å². The summed E-state index contributed by atoms with van der Waals surface area (Å²) in [4.78, 5) is 2.56. The largest absolute Gasteiger partial charge is 0.383 e. The molecule has 0 spiro atoms. The van der Waals surface area contributed by atoms with Gasteiger partial charge in [-0.1, -0.05) is 25.7 Å². The van der Waals surface area contributed by atoms with Gasteiger partial charge in [-0.2, -0.15) is 0 Å². The third-order valence-electron chi connectivity index (χ3n) is 4.20. The molecule has 1 aliphatic carbocycles. The number of nitrogens with zero attached hydrogens (tertiary/aromatic N) is 1. The van der Waals surface area contributed by atoms with E-state index in [4.69, 9.17) is 4.74 Å². The van der Waals surface area contributed by atoms with E-state index < -0.39 is 0 Å². The molecule has 114 valence electrons. The second-order valence-electron chi connectivity index (χ2n) is 7.05. The molecule has 0 amide bonds. The van der Waals surface area contributed by atoms with Crippen LogP contribution in [0, 0.1) is 0 Å². The first-order valence-corrected chi connectivity index (χ1v) is 7.90. The number of nitrogens with one attached hydrogen (secondary N) is 1. The van der Waals surface area contributed by atoms with Crippen LogP contribution in [0.5, 0.6) is 0 Å². The number of likely N-dealkylation sites (N-methyl/N-ethyl adjacent to an activating group) is 1. The predicted octanol–water partition coefficient (Wildman–Crippen LogP) is 3.04. The minimum atomic E-state index is 0.177. The van der Waals surface area contributed by atoms with Gasteiger partial charge in [0.15, 0.2) is 0 Å². The van der Waals surface area contributed by atoms with Gasteiger partial charge in [0.05, 0.1) is 6.61 Å². The minimum Gasteiger partial charge on any atom is -0.383 e. The van der Waals surface area contributed by atoms with E-state index in [-0.39, 0.29) is 5.54 Å². The van der Waals surface area contributed by atoms with Gasteiger partial charge >= 0.3 is 0 Å². The van der Waals surface area contributed by atoms with Gasteiger partial charge in [0.1, 0.15) is 0 Å². The first-order chi connectivity index (χ1) is 8.94. The molecule has 3 nitrogen and oxygen atoms in total. The van der Waals surface area contributed by atoms with E-state index in [2.05, 4.69) is 38.0 Å².